The number of likely N-dealkylation sites (tertiary alicyclic amines) is 1. The lowest BCUT2D eigenvalue weighted by Crippen LogP contribution is -2.42. The van der Waals surface area contributed by atoms with E-state index in [-0.39, 0.29) is 0 Å². The summed E-state index contributed by atoms with van der Waals surface area (Å²) in [4.78, 5) is 2.50. The summed E-state index contributed by atoms with van der Waals surface area (Å²) in [5.41, 5.74) is 0. The molecule has 1 aliphatic rings. The molecule has 4 heteroatoms. The van der Waals surface area contributed by atoms with Crippen molar-refractivity contribution in [3.63, 3.8) is 0 Å². The van der Waals surface area contributed by atoms with E-state index in [0.29, 0.717) is 6.10 Å². The molecule has 0 aromatic rings. The lowest BCUT2D eigenvalue weighted by molar-refractivity contribution is 0.0319. The highest BCUT2D eigenvalue weighted by Gasteiger charge is 2.18. The Labute approximate surface area is 112 Å². The number of nitrogens with one attached hydrogen (secondary N) is 1. The zero-order chi connectivity index (χ0) is 13.1. The largest absolute Gasteiger partial charge is 0.382 e. The molecule has 1 saturated heterocycles. The van der Waals surface area contributed by atoms with E-state index < -0.39 is 0 Å². The Morgan fingerprint density at radius 1 is 1.28 bits per heavy atom. The Morgan fingerprint density at radius 2 is 2.17 bits per heavy atom. The van der Waals surface area contributed by atoms with Crippen molar-refractivity contribution in [3.8, 4) is 0 Å². The van der Waals surface area contributed by atoms with Crippen LogP contribution < -0.4 is 5.32 Å². The SMILES string of the molecule is CCOCCCCNCCN1CCCC(OC)C1. The first-order chi connectivity index (χ1) is 8.86. The first kappa shape index (κ1) is 15.9. The summed E-state index contributed by atoms with van der Waals surface area (Å²) >= 11 is 0. The van der Waals surface area contributed by atoms with E-state index in [0.717, 1.165) is 45.8 Å². The molecule has 1 N–H and O–H groups in total. The molecule has 0 aliphatic carbocycles. The summed E-state index contributed by atoms with van der Waals surface area (Å²) in [6.45, 7) is 9.45. The molecule has 0 bridgehead atoms. The highest BCUT2D eigenvalue weighted by molar-refractivity contribution is 4.73. The monoisotopic (exact) mass is 258 g/mol. The van der Waals surface area contributed by atoms with Gasteiger partial charge in [0.25, 0.3) is 0 Å². The average Bonchev–Trinajstić information content (AvgIpc) is 2.42. The molecule has 1 heterocycles. The van der Waals surface area contributed by atoms with Crippen LogP contribution in [0.4, 0.5) is 0 Å². The van der Waals surface area contributed by atoms with Gasteiger partial charge in [-0.25, -0.2) is 0 Å². The van der Waals surface area contributed by atoms with Crippen LogP contribution in [0, 0.1) is 0 Å². The number of unbranched alkanes of at least 4 members (excludes halogenated alkanes) is 1. The van der Waals surface area contributed by atoms with Crippen LogP contribution in [0.3, 0.4) is 0 Å². The number of nitrogens with zero attached hydrogens (tertiary/aromatic N) is 1. The minimum absolute atomic E-state index is 0.449. The molecule has 1 rings (SSSR count). The third kappa shape index (κ3) is 7.31. The van der Waals surface area contributed by atoms with Gasteiger partial charge in [-0.05, 0) is 45.7 Å². The molecule has 0 aromatic carbocycles. The first-order valence-electron chi connectivity index (χ1n) is 7.40. The molecule has 108 valence electrons. The van der Waals surface area contributed by atoms with Crippen LogP contribution in [0.5, 0.6) is 0 Å². The number of rotatable bonds is 10. The zero-order valence-corrected chi connectivity index (χ0v) is 12.1. The molecule has 18 heavy (non-hydrogen) atoms. The first-order valence-corrected chi connectivity index (χ1v) is 7.40. The summed E-state index contributed by atoms with van der Waals surface area (Å²) < 4.78 is 10.7. The third-order valence-corrected chi connectivity index (χ3v) is 3.50. The summed E-state index contributed by atoms with van der Waals surface area (Å²) in [7, 11) is 1.82. The molecule has 0 spiro atoms. The molecule has 1 unspecified atom stereocenters. The number of hydrogen-bond donors (Lipinski definition) is 1. The lowest BCUT2D eigenvalue weighted by Gasteiger charge is -2.31. The maximum Gasteiger partial charge on any atom is 0.0698 e. The van der Waals surface area contributed by atoms with Gasteiger partial charge in [-0.3, -0.25) is 4.90 Å². The Kier molecular flexibility index (Phi) is 9.48. The predicted octanol–water partition coefficient (Wildman–Crippen LogP) is 1.50. The van der Waals surface area contributed by atoms with Crippen LogP contribution in [0.25, 0.3) is 0 Å². The Morgan fingerprint density at radius 3 is 2.94 bits per heavy atom. The molecule has 0 aromatic heterocycles. The van der Waals surface area contributed by atoms with E-state index in [2.05, 4.69) is 10.2 Å². The molecular formula is C14H30N2O2. The fourth-order valence-corrected chi connectivity index (χ4v) is 2.37. The third-order valence-electron chi connectivity index (χ3n) is 3.50. The van der Waals surface area contributed by atoms with Crippen molar-refractivity contribution < 1.29 is 9.47 Å². The minimum Gasteiger partial charge on any atom is -0.382 e. The van der Waals surface area contributed by atoms with Crippen LogP contribution in [-0.2, 0) is 9.47 Å². The summed E-state index contributed by atoms with van der Waals surface area (Å²) in [5.74, 6) is 0. The topological polar surface area (TPSA) is 33.7 Å². The van der Waals surface area contributed by atoms with Gasteiger partial charge in [0.15, 0.2) is 0 Å². The Bertz CT molecular complexity index is 191. The number of hydrogen-bond acceptors (Lipinski definition) is 4. The van der Waals surface area contributed by atoms with Gasteiger partial charge in [0.2, 0.25) is 0 Å². The second kappa shape index (κ2) is 10.7. The van der Waals surface area contributed by atoms with Crippen molar-refractivity contribution >= 4 is 0 Å². The van der Waals surface area contributed by atoms with E-state index in [1.807, 2.05) is 14.0 Å². The predicted molar refractivity (Wildman–Crippen MR) is 75.1 cm³/mol. The molecule has 1 fully saturated rings. The lowest BCUT2D eigenvalue weighted by atomic mass is 10.1. The van der Waals surface area contributed by atoms with E-state index in [1.165, 1.54) is 25.8 Å². The maximum atomic E-state index is 5.43. The van der Waals surface area contributed by atoms with E-state index >= 15 is 0 Å². The standard InChI is InChI=1S/C14H30N2O2/c1-3-18-12-5-4-8-15-9-11-16-10-6-7-14(13-16)17-2/h14-15H,3-13H2,1-2H3. The van der Waals surface area contributed by atoms with Gasteiger partial charge in [-0.15, -0.1) is 0 Å². The molecule has 0 radical (unpaired) electrons. The van der Waals surface area contributed by atoms with Gasteiger partial charge in [-0.1, -0.05) is 0 Å². The van der Waals surface area contributed by atoms with Crippen LogP contribution in [-0.4, -0.2) is 64.1 Å². The van der Waals surface area contributed by atoms with E-state index in [4.69, 9.17) is 9.47 Å². The molecule has 1 aliphatic heterocycles. The van der Waals surface area contributed by atoms with E-state index in [9.17, 15) is 0 Å². The summed E-state index contributed by atoms with van der Waals surface area (Å²) in [6.07, 6.45) is 5.31. The van der Waals surface area contributed by atoms with Crippen molar-refractivity contribution in [2.24, 2.45) is 0 Å². The average molecular weight is 258 g/mol. The molecule has 4 nitrogen and oxygen atoms in total. The highest BCUT2D eigenvalue weighted by atomic mass is 16.5. The van der Waals surface area contributed by atoms with Gasteiger partial charge in [0.05, 0.1) is 6.10 Å². The van der Waals surface area contributed by atoms with Crippen molar-refractivity contribution in [1.82, 2.24) is 10.2 Å². The Hall–Kier alpha value is -0.160. The van der Waals surface area contributed by atoms with Crippen molar-refractivity contribution in [3.05, 3.63) is 0 Å². The van der Waals surface area contributed by atoms with Crippen LogP contribution >= 0.6 is 0 Å². The van der Waals surface area contributed by atoms with Crippen LogP contribution in [0.1, 0.15) is 32.6 Å². The maximum absolute atomic E-state index is 5.43. The van der Waals surface area contributed by atoms with E-state index in [1.54, 1.807) is 0 Å². The minimum atomic E-state index is 0.449. The van der Waals surface area contributed by atoms with Gasteiger partial charge in [0.1, 0.15) is 0 Å². The second-order valence-corrected chi connectivity index (χ2v) is 4.95. The Balaban J connectivity index is 1.88. The normalized spacial score (nSPS) is 21.3. The molecule has 0 amide bonds. The molecule has 1 atom stereocenters. The number of piperidine rings is 1. The van der Waals surface area contributed by atoms with Crippen molar-refractivity contribution in [2.45, 2.75) is 38.7 Å². The van der Waals surface area contributed by atoms with Crippen molar-refractivity contribution in [1.29, 1.82) is 0 Å². The number of ether oxygens (including phenoxy) is 2. The summed E-state index contributed by atoms with van der Waals surface area (Å²) in [6, 6.07) is 0. The van der Waals surface area contributed by atoms with Gasteiger partial charge in [0, 0.05) is 40.0 Å². The molecule has 0 saturated carbocycles. The number of methoxy groups -OCH3 is 1. The van der Waals surface area contributed by atoms with Crippen LogP contribution in [0.15, 0.2) is 0 Å². The van der Waals surface area contributed by atoms with Gasteiger partial charge in [-0.2, -0.15) is 0 Å². The smallest absolute Gasteiger partial charge is 0.0698 e. The second-order valence-electron chi connectivity index (χ2n) is 4.95. The molecular weight excluding hydrogens is 228 g/mol. The summed E-state index contributed by atoms with van der Waals surface area (Å²) in [5, 5.41) is 3.50. The quantitative estimate of drug-likeness (QED) is 0.602. The fourth-order valence-electron chi connectivity index (χ4n) is 2.37. The fraction of sp³-hybridized carbons (Fsp3) is 1.00. The van der Waals surface area contributed by atoms with Gasteiger partial charge < -0.3 is 14.8 Å². The highest BCUT2D eigenvalue weighted by Crippen LogP contribution is 2.11. The zero-order valence-electron chi connectivity index (χ0n) is 12.1. The van der Waals surface area contributed by atoms with Gasteiger partial charge >= 0.3 is 0 Å². The van der Waals surface area contributed by atoms with Crippen LogP contribution in [0.2, 0.25) is 0 Å². The van der Waals surface area contributed by atoms with Crippen molar-refractivity contribution in [2.75, 3.05) is 53.0 Å².